The number of hydrogen-bond donors (Lipinski definition) is 1. The molecule has 1 aromatic heterocycles. The smallest absolute Gasteiger partial charge is 0.270 e. The monoisotopic (exact) mass is 367 g/mol. The number of benzene rings is 1. The van der Waals surface area contributed by atoms with Crippen LogP contribution in [0.3, 0.4) is 0 Å². The quantitative estimate of drug-likeness (QED) is 0.882. The minimum atomic E-state index is -0.317. The fraction of sp³-hybridized carbons (Fsp3) is 0.381. The number of likely N-dealkylation sites (tertiary alicyclic amines) is 1. The van der Waals surface area contributed by atoms with Gasteiger partial charge in [-0.05, 0) is 37.0 Å². The van der Waals surface area contributed by atoms with Gasteiger partial charge in [0.05, 0.1) is 7.11 Å². The number of nitrogens with one attached hydrogen (secondary N) is 1. The SMILES string of the molecule is COc1ccccc1CNC(=O)c1cc(C(=O)N2CCCC(C)C2)ccn1. The maximum atomic E-state index is 12.7. The first-order valence-corrected chi connectivity index (χ1v) is 9.24. The zero-order valence-corrected chi connectivity index (χ0v) is 15.8. The van der Waals surface area contributed by atoms with Crippen molar-refractivity contribution >= 4 is 11.8 Å². The zero-order valence-electron chi connectivity index (χ0n) is 15.8. The molecule has 2 heterocycles. The summed E-state index contributed by atoms with van der Waals surface area (Å²) in [6, 6.07) is 10.7. The summed E-state index contributed by atoms with van der Waals surface area (Å²) in [4.78, 5) is 31.2. The Hall–Kier alpha value is -2.89. The number of rotatable bonds is 5. The van der Waals surface area contributed by atoms with Gasteiger partial charge in [0.15, 0.2) is 0 Å². The van der Waals surface area contributed by atoms with Crippen molar-refractivity contribution in [2.24, 2.45) is 5.92 Å². The van der Waals surface area contributed by atoms with Crippen LogP contribution in [0.15, 0.2) is 42.6 Å². The molecule has 1 atom stereocenters. The largest absolute Gasteiger partial charge is 0.496 e. The zero-order chi connectivity index (χ0) is 19.2. The number of amides is 2. The molecule has 1 aliphatic rings. The molecule has 6 heteroatoms. The Kier molecular flexibility index (Phi) is 6.06. The van der Waals surface area contributed by atoms with Crippen molar-refractivity contribution in [3.63, 3.8) is 0 Å². The Morgan fingerprint density at radius 2 is 2.11 bits per heavy atom. The third-order valence-corrected chi connectivity index (χ3v) is 4.82. The highest BCUT2D eigenvalue weighted by molar-refractivity contribution is 5.98. The normalized spacial score (nSPS) is 16.7. The molecule has 1 fully saturated rings. The molecule has 1 aliphatic heterocycles. The first-order chi connectivity index (χ1) is 13.1. The molecule has 6 nitrogen and oxygen atoms in total. The van der Waals surface area contributed by atoms with Crippen LogP contribution in [-0.2, 0) is 6.54 Å². The highest BCUT2D eigenvalue weighted by Crippen LogP contribution is 2.19. The summed E-state index contributed by atoms with van der Waals surface area (Å²) in [6.45, 7) is 4.01. The number of aromatic nitrogens is 1. The van der Waals surface area contributed by atoms with E-state index in [4.69, 9.17) is 4.74 Å². The standard InChI is InChI=1S/C21H25N3O3/c1-15-6-5-11-24(14-15)21(26)16-9-10-22-18(12-16)20(25)23-13-17-7-3-4-8-19(17)27-2/h3-4,7-10,12,15H,5-6,11,13-14H2,1-2H3,(H,23,25). The Morgan fingerprint density at radius 1 is 1.30 bits per heavy atom. The summed E-state index contributed by atoms with van der Waals surface area (Å²) in [6.07, 6.45) is 3.68. The third-order valence-electron chi connectivity index (χ3n) is 4.82. The number of para-hydroxylation sites is 1. The van der Waals surface area contributed by atoms with Crippen LogP contribution in [0.25, 0.3) is 0 Å². The van der Waals surface area contributed by atoms with Crippen LogP contribution in [0.1, 0.15) is 46.2 Å². The molecule has 2 aromatic rings. The number of hydrogen-bond acceptors (Lipinski definition) is 4. The molecular formula is C21H25N3O3. The molecule has 0 aliphatic carbocycles. The van der Waals surface area contributed by atoms with Crippen LogP contribution in [0.4, 0.5) is 0 Å². The number of ether oxygens (including phenoxy) is 1. The van der Waals surface area contributed by atoms with E-state index in [0.717, 1.165) is 31.5 Å². The van der Waals surface area contributed by atoms with Gasteiger partial charge in [-0.2, -0.15) is 0 Å². The van der Waals surface area contributed by atoms with Crippen molar-refractivity contribution in [2.75, 3.05) is 20.2 Å². The Morgan fingerprint density at radius 3 is 2.89 bits per heavy atom. The van der Waals surface area contributed by atoms with Crippen LogP contribution in [0, 0.1) is 5.92 Å². The van der Waals surface area contributed by atoms with Crippen LogP contribution >= 0.6 is 0 Å². The molecule has 0 spiro atoms. The van der Waals surface area contributed by atoms with E-state index in [1.807, 2.05) is 29.2 Å². The highest BCUT2D eigenvalue weighted by Gasteiger charge is 2.23. The van der Waals surface area contributed by atoms with E-state index in [-0.39, 0.29) is 17.5 Å². The molecule has 1 aromatic carbocycles. The van der Waals surface area contributed by atoms with E-state index in [1.54, 1.807) is 19.2 Å². The highest BCUT2D eigenvalue weighted by atomic mass is 16.5. The van der Waals surface area contributed by atoms with Crippen molar-refractivity contribution < 1.29 is 14.3 Å². The van der Waals surface area contributed by atoms with Gasteiger partial charge < -0.3 is 15.0 Å². The van der Waals surface area contributed by atoms with E-state index >= 15 is 0 Å². The second-order valence-electron chi connectivity index (χ2n) is 6.92. The molecule has 3 rings (SSSR count). The second kappa shape index (κ2) is 8.66. The van der Waals surface area contributed by atoms with Crippen molar-refractivity contribution in [1.29, 1.82) is 0 Å². The molecule has 1 unspecified atom stereocenters. The number of pyridine rings is 1. The van der Waals surface area contributed by atoms with E-state index in [2.05, 4.69) is 17.2 Å². The molecule has 1 saturated heterocycles. The maximum Gasteiger partial charge on any atom is 0.270 e. The summed E-state index contributed by atoms with van der Waals surface area (Å²) >= 11 is 0. The van der Waals surface area contributed by atoms with Gasteiger partial charge in [0.1, 0.15) is 11.4 Å². The maximum absolute atomic E-state index is 12.7. The van der Waals surface area contributed by atoms with E-state index in [0.29, 0.717) is 23.8 Å². The van der Waals surface area contributed by atoms with Crippen molar-refractivity contribution in [1.82, 2.24) is 15.2 Å². The van der Waals surface area contributed by atoms with Crippen LogP contribution in [-0.4, -0.2) is 41.9 Å². The molecule has 0 bridgehead atoms. The van der Waals surface area contributed by atoms with Gasteiger partial charge >= 0.3 is 0 Å². The lowest BCUT2D eigenvalue weighted by Crippen LogP contribution is -2.39. The summed E-state index contributed by atoms with van der Waals surface area (Å²) in [7, 11) is 1.60. The van der Waals surface area contributed by atoms with Crippen LogP contribution < -0.4 is 10.1 Å². The molecule has 27 heavy (non-hydrogen) atoms. The van der Waals surface area contributed by atoms with E-state index < -0.39 is 0 Å². The van der Waals surface area contributed by atoms with Gasteiger partial charge in [-0.3, -0.25) is 14.6 Å². The van der Waals surface area contributed by atoms with Gasteiger partial charge in [0.2, 0.25) is 0 Å². The first-order valence-electron chi connectivity index (χ1n) is 9.24. The third kappa shape index (κ3) is 4.64. The molecule has 0 saturated carbocycles. The number of piperidine rings is 1. The molecule has 0 radical (unpaired) electrons. The van der Waals surface area contributed by atoms with E-state index in [9.17, 15) is 9.59 Å². The van der Waals surface area contributed by atoms with Crippen LogP contribution in [0.2, 0.25) is 0 Å². The molecule has 1 N–H and O–H groups in total. The van der Waals surface area contributed by atoms with Crippen LogP contribution in [0.5, 0.6) is 5.75 Å². The van der Waals surface area contributed by atoms with E-state index in [1.165, 1.54) is 6.20 Å². The Labute approximate surface area is 159 Å². The Balaban J connectivity index is 1.67. The van der Waals surface area contributed by atoms with Crippen molar-refractivity contribution in [3.05, 3.63) is 59.4 Å². The number of nitrogens with zero attached hydrogens (tertiary/aromatic N) is 2. The van der Waals surface area contributed by atoms with Gasteiger partial charge in [0.25, 0.3) is 11.8 Å². The van der Waals surface area contributed by atoms with Crippen molar-refractivity contribution in [3.8, 4) is 5.75 Å². The lowest BCUT2D eigenvalue weighted by atomic mass is 9.99. The molecular weight excluding hydrogens is 342 g/mol. The minimum Gasteiger partial charge on any atom is -0.496 e. The average Bonchev–Trinajstić information content (AvgIpc) is 2.71. The molecule has 142 valence electrons. The van der Waals surface area contributed by atoms with Gasteiger partial charge in [-0.25, -0.2) is 0 Å². The number of carbonyl (C=O) groups is 2. The summed E-state index contributed by atoms with van der Waals surface area (Å²) in [5.74, 6) is 0.868. The van der Waals surface area contributed by atoms with Gasteiger partial charge in [0, 0.05) is 37.0 Å². The lowest BCUT2D eigenvalue weighted by molar-refractivity contribution is 0.0683. The van der Waals surface area contributed by atoms with Gasteiger partial charge in [-0.15, -0.1) is 0 Å². The van der Waals surface area contributed by atoms with Gasteiger partial charge in [-0.1, -0.05) is 25.1 Å². The summed E-state index contributed by atoms with van der Waals surface area (Å²) < 4.78 is 5.29. The minimum absolute atomic E-state index is 0.0391. The second-order valence-corrected chi connectivity index (χ2v) is 6.92. The fourth-order valence-corrected chi connectivity index (χ4v) is 3.36. The first kappa shape index (κ1) is 18.9. The molecule has 2 amide bonds. The number of methoxy groups -OCH3 is 1. The number of carbonyl (C=O) groups excluding carboxylic acids is 2. The van der Waals surface area contributed by atoms with Crippen molar-refractivity contribution in [2.45, 2.75) is 26.3 Å². The topological polar surface area (TPSA) is 71.5 Å². The predicted octanol–water partition coefficient (Wildman–Crippen LogP) is 2.89. The fourth-order valence-electron chi connectivity index (χ4n) is 3.36. The Bertz CT molecular complexity index is 822. The summed E-state index contributed by atoms with van der Waals surface area (Å²) in [5.41, 5.74) is 1.62. The lowest BCUT2D eigenvalue weighted by Gasteiger charge is -2.31. The average molecular weight is 367 g/mol. The predicted molar refractivity (Wildman–Crippen MR) is 103 cm³/mol. The summed E-state index contributed by atoms with van der Waals surface area (Å²) in [5, 5.41) is 2.84.